The van der Waals surface area contributed by atoms with E-state index in [1.54, 1.807) is 11.3 Å². The normalized spacial score (nSPS) is 12.3. The lowest BCUT2D eigenvalue weighted by molar-refractivity contribution is 0.317. The summed E-state index contributed by atoms with van der Waals surface area (Å²) in [7, 11) is 0. The second-order valence-electron chi connectivity index (χ2n) is 4.87. The molecule has 0 saturated carbocycles. The molecule has 0 aliphatic heterocycles. The van der Waals surface area contributed by atoms with Gasteiger partial charge in [-0.2, -0.15) is 0 Å². The van der Waals surface area contributed by atoms with E-state index in [1.807, 2.05) is 25.3 Å². The van der Waals surface area contributed by atoms with Crippen LogP contribution in [0.15, 0.2) is 30.5 Å². The van der Waals surface area contributed by atoms with Crippen LogP contribution >= 0.6 is 11.3 Å². The maximum absolute atomic E-state index is 5.59. The Morgan fingerprint density at radius 3 is 2.65 bits per heavy atom. The van der Waals surface area contributed by atoms with E-state index in [1.165, 1.54) is 10.4 Å². The molecule has 108 valence electrons. The van der Waals surface area contributed by atoms with Crippen LogP contribution in [0.5, 0.6) is 5.75 Å². The van der Waals surface area contributed by atoms with Crippen molar-refractivity contribution < 1.29 is 4.74 Å². The Kier molecular flexibility index (Phi) is 5.56. The predicted molar refractivity (Wildman–Crippen MR) is 84.3 cm³/mol. The lowest BCUT2D eigenvalue weighted by Crippen LogP contribution is -2.17. The van der Waals surface area contributed by atoms with Crippen molar-refractivity contribution in [2.75, 3.05) is 6.61 Å². The minimum absolute atomic E-state index is 0.317. The maximum Gasteiger partial charge on any atom is 0.119 e. The Morgan fingerprint density at radius 2 is 2.05 bits per heavy atom. The van der Waals surface area contributed by atoms with Crippen molar-refractivity contribution >= 4 is 11.3 Å². The summed E-state index contributed by atoms with van der Waals surface area (Å²) in [5.74, 6) is 0.945. The Labute approximate surface area is 125 Å². The summed E-state index contributed by atoms with van der Waals surface area (Å²) in [6.07, 6.45) is 2.98. The van der Waals surface area contributed by atoms with Gasteiger partial charge in [-0.3, -0.25) is 0 Å². The SMILES string of the molecule is CCCOc1ccc(C(C)NCc2cnc(C)s2)cc1. The lowest BCUT2D eigenvalue weighted by atomic mass is 10.1. The van der Waals surface area contributed by atoms with E-state index < -0.39 is 0 Å². The van der Waals surface area contributed by atoms with Crippen LogP contribution in [0, 0.1) is 6.92 Å². The third kappa shape index (κ3) is 4.32. The van der Waals surface area contributed by atoms with Gasteiger partial charge in [0.2, 0.25) is 0 Å². The summed E-state index contributed by atoms with van der Waals surface area (Å²) >= 11 is 1.74. The van der Waals surface area contributed by atoms with Gasteiger partial charge in [0.15, 0.2) is 0 Å². The van der Waals surface area contributed by atoms with E-state index in [2.05, 4.69) is 36.3 Å². The highest BCUT2D eigenvalue weighted by atomic mass is 32.1. The third-order valence-corrected chi connectivity index (χ3v) is 4.02. The molecule has 1 heterocycles. The molecule has 1 atom stereocenters. The molecule has 1 aromatic heterocycles. The first-order valence-electron chi connectivity index (χ1n) is 7.06. The van der Waals surface area contributed by atoms with Crippen molar-refractivity contribution in [3.8, 4) is 5.75 Å². The summed E-state index contributed by atoms with van der Waals surface area (Å²) in [6.45, 7) is 7.96. The van der Waals surface area contributed by atoms with Gasteiger partial charge in [-0.05, 0) is 38.0 Å². The van der Waals surface area contributed by atoms with Gasteiger partial charge in [0, 0.05) is 23.7 Å². The molecule has 1 unspecified atom stereocenters. The highest BCUT2D eigenvalue weighted by Gasteiger charge is 2.06. The topological polar surface area (TPSA) is 34.1 Å². The molecule has 2 rings (SSSR count). The zero-order valence-corrected chi connectivity index (χ0v) is 13.2. The number of ether oxygens (including phenoxy) is 1. The molecule has 20 heavy (non-hydrogen) atoms. The van der Waals surface area contributed by atoms with Crippen molar-refractivity contribution in [2.24, 2.45) is 0 Å². The van der Waals surface area contributed by atoms with Crippen molar-refractivity contribution in [3.05, 3.63) is 45.9 Å². The standard InChI is InChI=1S/C16H22N2OS/c1-4-9-19-15-7-5-14(6-8-15)12(2)17-10-16-11-18-13(3)20-16/h5-8,11-12,17H,4,9-10H2,1-3H3. The second-order valence-corrected chi connectivity index (χ2v) is 6.19. The summed E-state index contributed by atoms with van der Waals surface area (Å²) in [6, 6.07) is 8.65. The predicted octanol–water partition coefficient (Wildman–Crippen LogP) is 4.09. The number of hydrogen-bond donors (Lipinski definition) is 1. The molecule has 1 N–H and O–H groups in total. The first-order valence-corrected chi connectivity index (χ1v) is 7.88. The Hall–Kier alpha value is -1.39. The zero-order valence-electron chi connectivity index (χ0n) is 12.3. The summed E-state index contributed by atoms with van der Waals surface area (Å²) in [4.78, 5) is 5.54. The molecule has 3 nitrogen and oxygen atoms in total. The number of thiazole rings is 1. The van der Waals surface area contributed by atoms with Crippen molar-refractivity contribution in [1.29, 1.82) is 0 Å². The highest BCUT2D eigenvalue weighted by Crippen LogP contribution is 2.19. The third-order valence-electron chi connectivity index (χ3n) is 3.10. The minimum Gasteiger partial charge on any atom is -0.494 e. The van der Waals surface area contributed by atoms with Gasteiger partial charge >= 0.3 is 0 Å². The number of aryl methyl sites for hydroxylation is 1. The number of aromatic nitrogens is 1. The fraction of sp³-hybridized carbons (Fsp3) is 0.438. The molecule has 0 amide bonds. The molecule has 0 aliphatic rings. The Bertz CT molecular complexity index is 522. The van der Waals surface area contributed by atoms with Gasteiger partial charge in [-0.1, -0.05) is 19.1 Å². The van der Waals surface area contributed by atoms with E-state index in [0.29, 0.717) is 6.04 Å². The van der Waals surface area contributed by atoms with E-state index in [9.17, 15) is 0 Å². The molecular formula is C16H22N2OS. The van der Waals surface area contributed by atoms with E-state index >= 15 is 0 Å². The smallest absolute Gasteiger partial charge is 0.119 e. The molecule has 0 saturated heterocycles. The molecule has 0 spiro atoms. The largest absolute Gasteiger partial charge is 0.494 e. The first-order chi connectivity index (χ1) is 9.69. The van der Waals surface area contributed by atoms with Crippen molar-refractivity contribution in [3.63, 3.8) is 0 Å². The van der Waals surface area contributed by atoms with Crippen LogP contribution in [0.3, 0.4) is 0 Å². The molecule has 0 aliphatic carbocycles. The lowest BCUT2D eigenvalue weighted by Gasteiger charge is -2.14. The molecule has 0 fully saturated rings. The summed E-state index contributed by atoms with van der Waals surface area (Å²) in [5, 5.41) is 4.64. The Morgan fingerprint density at radius 1 is 1.30 bits per heavy atom. The quantitative estimate of drug-likeness (QED) is 0.834. The average Bonchev–Trinajstić information content (AvgIpc) is 2.89. The summed E-state index contributed by atoms with van der Waals surface area (Å²) < 4.78 is 5.59. The number of rotatable bonds is 7. The minimum atomic E-state index is 0.317. The van der Waals surface area contributed by atoms with Crippen LogP contribution in [0.1, 0.15) is 41.8 Å². The number of nitrogens with zero attached hydrogens (tertiary/aromatic N) is 1. The summed E-state index contributed by atoms with van der Waals surface area (Å²) in [5.41, 5.74) is 1.27. The molecular weight excluding hydrogens is 268 g/mol. The van der Waals surface area contributed by atoms with E-state index in [4.69, 9.17) is 4.74 Å². The molecule has 4 heteroatoms. The van der Waals surface area contributed by atoms with Crippen LogP contribution in [-0.2, 0) is 6.54 Å². The van der Waals surface area contributed by atoms with Crippen LogP contribution in [0.25, 0.3) is 0 Å². The first kappa shape index (κ1) is 15.0. The van der Waals surface area contributed by atoms with Gasteiger partial charge in [-0.15, -0.1) is 11.3 Å². The second kappa shape index (κ2) is 7.41. The number of benzene rings is 1. The number of hydrogen-bond acceptors (Lipinski definition) is 4. The fourth-order valence-corrected chi connectivity index (χ4v) is 2.68. The molecule has 1 aromatic carbocycles. The van der Waals surface area contributed by atoms with Gasteiger partial charge in [0.1, 0.15) is 5.75 Å². The van der Waals surface area contributed by atoms with Crippen LogP contribution < -0.4 is 10.1 Å². The fourth-order valence-electron chi connectivity index (χ4n) is 1.93. The van der Waals surface area contributed by atoms with Crippen LogP contribution in [0.2, 0.25) is 0 Å². The highest BCUT2D eigenvalue weighted by molar-refractivity contribution is 7.11. The van der Waals surface area contributed by atoms with Gasteiger partial charge in [0.25, 0.3) is 0 Å². The molecule has 0 radical (unpaired) electrons. The van der Waals surface area contributed by atoms with E-state index in [0.717, 1.165) is 30.3 Å². The van der Waals surface area contributed by atoms with Crippen LogP contribution in [-0.4, -0.2) is 11.6 Å². The average molecular weight is 290 g/mol. The van der Waals surface area contributed by atoms with Crippen LogP contribution in [0.4, 0.5) is 0 Å². The van der Waals surface area contributed by atoms with Gasteiger partial charge < -0.3 is 10.1 Å². The van der Waals surface area contributed by atoms with E-state index in [-0.39, 0.29) is 0 Å². The maximum atomic E-state index is 5.59. The van der Waals surface area contributed by atoms with Crippen molar-refractivity contribution in [2.45, 2.75) is 39.8 Å². The zero-order chi connectivity index (χ0) is 14.4. The van der Waals surface area contributed by atoms with Gasteiger partial charge in [-0.25, -0.2) is 4.98 Å². The van der Waals surface area contributed by atoms with Gasteiger partial charge in [0.05, 0.1) is 11.6 Å². The van der Waals surface area contributed by atoms with Crippen molar-refractivity contribution in [1.82, 2.24) is 10.3 Å². The Balaban J connectivity index is 1.86. The monoisotopic (exact) mass is 290 g/mol. The molecule has 2 aromatic rings. The number of nitrogens with one attached hydrogen (secondary N) is 1. The molecule has 0 bridgehead atoms.